The normalized spacial score (nSPS) is 17.8. The molecule has 0 spiro atoms. The van der Waals surface area contributed by atoms with E-state index in [0.29, 0.717) is 12.5 Å². The Morgan fingerprint density at radius 3 is 2.03 bits per heavy atom. The van der Waals surface area contributed by atoms with Crippen LogP contribution in [0.25, 0.3) is 0 Å². The van der Waals surface area contributed by atoms with Gasteiger partial charge in [0.25, 0.3) is 0 Å². The zero-order valence-electron chi connectivity index (χ0n) is 17.7. The van der Waals surface area contributed by atoms with Crippen molar-refractivity contribution in [2.75, 3.05) is 5.32 Å². The fourth-order valence-electron chi connectivity index (χ4n) is 4.44. The summed E-state index contributed by atoms with van der Waals surface area (Å²) in [5.74, 6) is -0.919. The lowest BCUT2D eigenvalue weighted by molar-refractivity contribution is -0.140. The Morgan fingerprint density at radius 1 is 0.839 bits per heavy atom. The van der Waals surface area contributed by atoms with Crippen molar-refractivity contribution in [3.8, 4) is 0 Å². The molecule has 4 rings (SSSR count). The molecule has 3 amide bonds. The summed E-state index contributed by atoms with van der Waals surface area (Å²) >= 11 is 0. The van der Waals surface area contributed by atoms with Crippen LogP contribution in [-0.4, -0.2) is 17.7 Å². The van der Waals surface area contributed by atoms with Crippen LogP contribution in [0.15, 0.2) is 48.5 Å². The van der Waals surface area contributed by atoms with E-state index in [4.69, 9.17) is 0 Å². The van der Waals surface area contributed by atoms with E-state index in [1.165, 1.54) is 37.7 Å². The molecule has 162 valence electrons. The van der Waals surface area contributed by atoms with E-state index in [0.717, 1.165) is 16.9 Å². The molecule has 1 aliphatic carbocycles. The van der Waals surface area contributed by atoms with Crippen LogP contribution in [0.2, 0.25) is 0 Å². The molecule has 1 aliphatic heterocycles. The van der Waals surface area contributed by atoms with Gasteiger partial charge in [-0.25, -0.2) is 0 Å². The Labute approximate surface area is 182 Å². The molecule has 31 heavy (non-hydrogen) atoms. The number of piperidine rings is 1. The largest absolute Gasteiger partial charge is 0.356 e. The van der Waals surface area contributed by atoms with Gasteiger partial charge in [0.1, 0.15) is 0 Å². The van der Waals surface area contributed by atoms with Crippen molar-refractivity contribution in [3.63, 3.8) is 0 Å². The Bertz CT molecular complexity index is 915. The first-order valence-corrected chi connectivity index (χ1v) is 11.1. The van der Waals surface area contributed by atoms with E-state index in [-0.39, 0.29) is 18.7 Å². The van der Waals surface area contributed by atoms with Crippen LogP contribution in [0.4, 0.5) is 11.4 Å². The number of nitrogens with one attached hydrogen (secondary N) is 3. The van der Waals surface area contributed by atoms with Crippen molar-refractivity contribution < 1.29 is 14.4 Å². The molecule has 6 nitrogen and oxygen atoms in total. The number of anilines is 2. The fourth-order valence-corrected chi connectivity index (χ4v) is 4.44. The van der Waals surface area contributed by atoms with Gasteiger partial charge < -0.3 is 10.6 Å². The zero-order chi connectivity index (χ0) is 21.6. The number of hydrogen-bond donors (Lipinski definition) is 3. The van der Waals surface area contributed by atoms with Crippen LogP contribution in [0, 0.1) is 5.92 Å². The summed E-state index contributed by atoms with van der Waals surface area (Å²) in [5, 5.41) is 8.46. The summed E-state index contributed by atoms with van der Waals surface area (Å²) < 4.78 is 0. The lowest BCUT2D eigenvalue weighted by Crippen LogP contribution is -2.44. The van der Waals surface area contributed by atoms with Crippen LogP contribution < -0.4 is 16.0 Å². The second-order valence-corrected chi connectivity index (χ2v) is 8.57. The molecule has 1 heterocycles. The van der Waals surface area contributed by atoms with Crippen molar-refractivity contribution in [2.45, 2.75) is 57.4 Å². The van der Waals surface area contributed by atoms with E-state index in [1.807, 2.05) is 24.3 Å². The van der Waals surface area contributed by atoms with Crippen LogP contribution >= 0.6 is 0 Å². The molecule has 0 bridgehead atoms. The third-order valence-electron chi connectivity index (χ3n) is 6.21. The van der Waals surface area contributed by atoms with E-state index < -0.39 is 17.7 Å². The van der Waals surface area contributed by atoms with Crippen LogP contribution in [0.1, 0.15) is 62.0 Å². The highest BCUT2D eigenvalue weighted by molar-refractivity contribution is 6.02. The number of carbonyl (C=O) groups is 3. The molecule has 1 saturated heterocycles. The van der Waals surface area contributed by atoms with Gasteiger partial charge in [-0.05, 0) is 54.2 Å². The molecule has 0 unspecified atom stereocenters. The molecular formula is C25H29N3O3. The number of amides is 3. The Kier molecular flexibility index (Phi) is 6.65. The lowest BCUT2D eigenvalue weighted by Gasteiger charge is -2.22. The average molecular weight is 420 g/mol. The SMILES string of the molecule is O=C1CC(C(=O)NCc2ccc(Nc3ccc(C4CCCCC4)cc3)cc2)CC(=O)N1. The number of hydrogen-bond acceptors (Lipinski definition) is 4. The zero-order valence-corrected chi connectivity index (χ0v) is 17.7. The number of rotatable bonds is 6. The Hall–Kier alpha value is -3.15. The molecular weight excluding hydrogens is 390 g/mol. The van der Waals surface area contributed by atoms with Gasteiger partial charge in [0.05, 0.1) is 5.92 Å². The number of imide groups is 1. The van der Waals surface area contributed by atoms with E-state index in [1.54, 1.807) is 0 Å². The predicted molar refractivity (Wildman–Crippen MR) is 120 cm³/mol. The van der Waals surface area contributed by atoms with Gasteiger partial charge in [-0.1, -0.05) is 43.5 Å². The summed E-state index contributed by atoms with van der Waals surface area (Å²) in [7, 11) is 0. The molecule has 2 fully saturated rings. The molecule has 0 aromatic heterocycles. The Balaban J connectivity index is 1.27. The molecule has 3 N–H and O–H groups in total. The van der Waals surface area contributed by atoms with Gasteiger partial charge in [0.2, 0.25) is 17.7 Å². The predicted octanol–water partition coefficient (Wildman–Crippen LogP) is 4.15. The average Bonchev–Trinajstić information content (AvgIpc) is 2.79. The fraction of sp³-hybridized carbons (Fsp3) is 0.400. The van der Waals surface area contributed by atoms with Crippen molar-refractivity contribution in [1.29, 1.82) is 0 Å². The second kappa shape index (κ2) is 9.77. The van der Waals surface area contributed by atoms with Gasteiger partial charge in [0.15, 0.2) is 0 Å². The summed E-state index contributed by atoms with van der Waals surface area (Å²) in [4.78, 5) is 35.1. The minimum absolute atomic E-state index is 0.0555. The summed E-state index contributed by atoms with van der Waals surface area (Å²) in [6.45, 7) is 0.363. The molecule has 0 atom stereocenters. The molecule has 2 aliphatic rings. The smallest absolute Gasteiger partial charge is 0.227 e. The first kappa shape index (κ1) is 21.1. The molecule has 2 aromatic rings. The van der Waals surface area contributed by atoms with Crippen LogP contribution in [0.5, 0.6) is 0 Å². The minimum Gasteiger partial charge on any atom is -0.356 e. The molecule has 2 aromatic carbocycles. The molecule has 0 radical (unpaired) electrons. The van der Waals surface area contributed by atoms with Crippen molar-refractivity contribution in [2.24, 2.45) is 5.92 Å². The van der Waals surface area contributed by atoms with Gasteiger partial charge in [-0.2, -0.15) is 0 Å². The minimum atomic E-state index is -0.584. The highest BCUT2D eigenvalue weighted by atomic mass is 16.2. The topological polar surface area (TPSA) is 87.3 Å². The highest BCUT2D eigenvalue weighted by Gasteiger charge is 2.30. The Morgan fingerprint density at radius 2 is 1.42 bits per heavy atom. The standard InChI is InChI=1S/C25H29N3O3/c29-23-14-20(15-24(30)28-23)25(31)26-16-17-6-10-21(11-7-17)27-22-12-8-19(9-13-22)18-4-2-1-3-5-18/h6-13,18,20,27H,1-5,14-16H2,(H,26,31)(H,28,29,30). The van der Waals surface area contributed by atoms with Crippen molar-refractivity contribution in [1.82, 2.24) is 10.6 Å². The summed E-state index contributed by atoms with van der Waals surface area (Å²) in [6, 6.07) is 16.6. The van der Waals surface area contributed by atoms with Gasteiger partial charge in [-0.15, -0.1) is 0 Å². The van der Waals surface area contributed by atoms with Gasteiger partial charge in [0, 0.05) is 30.8 Å². The summed E-state index contributed by atoms with van der Waals surface area (Å²) in [6.07, 6.45) is 6.76. The lowest BCUT2D eigenvalue weighted by atomic mass is 9.84. The maximum absolute atomic E-state index is 12.3. The molecule has 1 saturated carbocycles. The quantitative estimate of drug-likeness (QED) is 0.614. The second-order valence-electron chi connectivity index (χ2n) is 8.57. The van der Waals surface area contributed by atoms with Crippen molar-refractivity contribution in [3.05, 3.63) is 59.7 Å². The highest BCUT2D eigenvalue weighted by Crippen LogP contribution is 2.33. The first-order valence-electron chi connectivity index (χ1n) is 11.1. The van der Waals surface area contributed by atoms with Crippen LogP contribution in [-0.2, 0) is 20.9 Å². The van der Waals surface area contributed by atoms with E-state index in [9.17, 15) is 14.4 Å². The number of benzene rings is 2. The monoisotopic (exact) mass is 419 g/mol. The third-order valence-corrected chi connectivity index (χ3v) is 6.21. The third kappa shape index (κ3) is 5.72. The van der Waals surface area contributed by atoms with Crippen molar-refractivity contribution >= 4 is 29.1 Å². The van der Waals surface area contributed by atoms with Gasteiger partial charge in [-0.3, -0.25) is 19.7 Å². The maximum atomic E-state index is 12.3. The summed E-state index contributed by atoms with van der Waals surface area (Å²) in [5.41, 5.74) is 4.43. The van der Waals surface area contributed by atoms with Gasteiger partial charge >= 0.3 is 0 Å². The van der Waals surface area contributed by atoms with E-state index >= 15 is 0 Å². The number of carbonyl (C=O) groups excluding carboxylic acids is 3. The first-order chi connectivity index (χ1) is 15.1. The van der Waals surface area contributed by atoms with Crippen LogP contribution in [0.3, 0.4) is 0 Å². The maximum Gasteiger partial charge on any atom is 0.227 e. The van der Waals surface area contributed by atoms with E-state index in [2.05, 4.69) is 40.2 Å². The molecule has 6 heteroatoms.